The maximum Gasteiger partial charge on any atom is 0.258 e. The normalized spacial score (nSPS) is 10.9. The molecule has 1 amide bonds. The van der Waals surface area contributed by atoms with E-state index in [0.29, 0.717) is 11.5 Å². The van der Waals surface area contributed by atoms with E-state index in [4.69, 9.17) is 5.73 Å². The Morgan fingerprint density at radius 2 is 2.00 bits per heavy atom. The van der Waals surface area contributed by atoms with E-state index >= 15 is 0 Å². The minimum absolute atomic E-state index is 0.0578. The lowest BCUT2D eigenvalue weighted by atomic mass is 10.2. The van der Waals surface area contributed by atoms with Gasteiger partial charge in [-0.2, -0.15) is 0 Å². The zero-order valence-electron chi connectivity index (χ0n) is 13.9. The van der Waals surface area contributed by atoms with E-state index in [1.165, 1.54) is 0 Å². The Morgan fingerprint density at radius 3 is 2.71 bits per heavy atom. The van der Waals surface area contributed by atoms with Crippen LogP contribution in [0.5, 0.6) is 0 Å². The summed E-state index contributed by atoms with van der Waals surface area (Å²) in [5.41, 5.74) is 9.20. The van der Waals surface area contributed by atoms with Crippen molar-refractivity contribution in [3.05, 3.63) is 54.1 Å². The van der Waals surface area contributed by atoms with Crippen LogP contribution in [-0.2, 0) is 6.54 Å². The number of amides is 1. The molecule has 2 aromatic carbocycles. The fourth-order valence-corrected chi connectivity index (χ4v) is 2.70. The third-order valence-electron chi connectivity index (χ3n) is 4.06. The van der Waals surface area contributed by atoms with Crippen molar-refractivity contribution in [2.45, 2.75) is 6.54 Å². The molecule has 0 fully saturated rings. The molecule has 0 radical (unpaired) electrons. The van der Waals surface area contributed by atoms with E-state index < -0.39 is 0 Å². The summed E-state index contributed by atoms with van der Waals surface area (Å²) in [5, 5.41) is 3.10. The molecular formula is C18H21N5O. The van der Waals surface area contributed by atoms with Gasteiger partial charge in [0, 0.05) is 31.4 Å². The third-order valence-corrected chi connectivity index (χ3v) is 4.06. The first-order valence-corrected chi connectivity index (χ1v) is 7.85. The summed E-state index contributed by atoms with van der Waals surface area (Å²) in [7, 11) is 3.66. The zero-order valence-corrected chi connectivity index (χ0v) is 13.9. The highest BCUT2D eigenvalue weighted by Gasteiger charge is 2.15. The molecule has 124 valence electrons. The smallest absolute Gasteiger partial charge is 0.258 e. The Hall–Kier alpha value is -2.86. The van der Waals surface area contributed by atoms with Crippen LogP contribution in [0.15, 0.2) is 48.5 Å². The minimum atomic E-state index is -0.0578. The lowest BCUT2D eigenvalue weighted by molar-refractivity contribution is 0.0993. The van der Waals surface area contributed by atoms with Gasteiger partial charge in [0.1, 0.15) is 0 Å². The SMILES string of the molecule is CNCCn1c(N)nc2cc(N(C)C(=O)c3ccccc3)ccc21. The van der Waals surface area contributed by atoms with Gasteiger partial charge in [0.05, 0.1) is 11.0 Å². The lowest BCUT2D eigenvalue weighted by Gasteiger charge is -2.17. The molecule has 0 saturated heterocycles. The van der Waals surface area contributed by atoms with Crippen LogP contribution in [0.25, 0.3) is 11.0 Å². The molecule has 3 N–H and O–H groups in total. The van der Waals surface area contributed by atoms with Gasteiger partial charge in [-0.3, -0.25) is 4.79 Å². The lowest BCUT2D eigenvalue weighted by Crippen LogP contribution is -2.26. The maximum absolute atomic E-state index is 12.6. The molecule has 6 nitrogen and oxygen atoms in total. The highest BCUT2D eigenvalue weighted by atomic mass is 16.2. The summed E-state index contributed by atoms with van der Waals surface area (Å²) in [6, 6.07) is 15.0. The van der Waals surface area contributed by atoms with Gasteiger partial charge in [-0.15, -0.1) is 0 Å². The summed E-state index contributed by atoms with van der Waals surface area (Å²) in [6.07, 6.45) is 0. The van der Waals surface area contributed by atoms with Crippen LogP contribution in [0.4, 0.5) is 11.6 Å². The van der Waals surface area contributed by atoms with E-state index in [9.17, 15) is 4.79 Å². The summed E-state index contributed by atoms with van der Waals surface area (Å²) in [6.45, 7) is 1.56. The number of hydrogen-bond donors (Lipinski definition) is 2. The number of nitrogens with two attached hydrogens (primary N) is 1. The van der Waals surface area contributed by atoms with E-state index in [1.807, 2.05) is 60.1 Å². The number of nitrogens with zero attached hydrogens (tertiary/aromatic N) is 3. The van der Waals surface area contributed by atoms with Crippen molar-refractivity contribution in [2.75, 3.05) is 31.3 Å². The molecule has 0 saturated carbocycles. The van der Waals surface area contributed by atoms with Crippen molar-refractivity contribution in [3.8, 4) is 0 Å². The molecule has 24 heavy (non-hydrogen) atoms. The Bertz CT molecular complexity index is 856. The minimum Gasteiger partial charge on any atom is -0.369 e. The third kappa shape index (κ3) is 2.96. The number of nitrogen functional groups attached to an aromatic ring is 1. The van der Waals surface area contributed by atoms with E-state index in [1.54, 1.807) is 11.9 Å². The monoisotopic (exact) mass is 323 g/mol. The topological polar surface area (TPSA) is 76.2 Å². The molecule has 0 spiro atoms. The number of imidazole rings is 1. The fourth-order valence-electron chi connectivity index (χ4n) is 2.70. The van der Waals surface area contributed by atoms with Crippen molar-refractivity contribution >= 4 is 28.6 Å². The van der Waals surface area contributed by atoms with Crippen molar-refractivity contribution < 1.29 is 4.79 Å². The maximum atomic E-state index is 12.6. The average Bonchev–Trinajstić information content (AvgIpc) is 2.93. The summed E-state index contributed by atoms with van der Waals surface area (Å²) >= 11 is 0. The fraction of sp³-hybridized carbons (Fsp3) is 0.222. The summed E-state index contributed by atoms with van der Waals surface area (Å²) < 4.78 is 1.97. The van der Waals surface area contributed by atoms with E-state index in [2.05, 4.69) is 10.3 Å². The average molecular weight is 323 g/mol. The number of anilines is 2. The molecule has 0 bridgehead atoms. The van der Waals surface area contributed by atoms with Gasteiger partial charge in [0.2, 0.25) is 5.95 Å². The van der Waals surface area contributed by atoms with E-state index in [-0.39, 0.29) is 5.91 Å². The molecule has 0 atom stereocenters. The number of carbonyl (C=O) groups excluding carboxylic acids is 1. The van der Waals surface area contributed by atoms with Crippen LogP contribution >= 0.6 is 0 Å². The highest BCUT2D eigenvalue weighted by Crippen LogP contribution is 2.24. The van der Waals surface area contributed by atoms with Crippen molar-refractivity contribution in [3.63, 3.8) is 0 Å². The Morgan fingerprint density at radius 1 is 1.25 bits per heavy atom. The first kappa shape index (κ1) is 16.0. The van der Waals surface area contributed by atoms with Gasteiger partial charge in [0.15, 0.2) is 0 Å². The first-order chi connectivity index (χ1) is 11.6. The van der Waals surface area contributed by atoms with Crippen LogP contribution in [0, 0.1) is 0 Å². The Kier molecular flexibility index (Phi) is 4.48. The highest BCUT2D eigenvalue weighted by molar-refractivity contribution is 6.06. The van der Waals surface area contributed by atoms with Crippen molar-refractivity contribution in [1.29, 1.82) is 0 Å². The molecule has 3 aromatic rings. The largest absolute Gasteiger partial charge is 0.369 e. The Balaban J connectivity index is 1.92. The number of rotatable bonds is 5. The van der Waals surface area contributed by atoms with Gasteiger partial charge in [-0.1, -0.05) is 18.2 Å². The molecule has 1 heterocycles. The molecule has 0 unspecified atom stereocenters. The van der Waals surface area contributed by atoms with Crippen molar-refractivity contribution in [1.82, 2.24) is 14.9 Å². The van der Waals surface area contributed by atoms with Crippen LogP contribution in [-0.4, -0.2) is 36.1 Å². The second kappa shape index (κ2) is 6.72. The van der Waals surface area contributed by atoms with Gasteiger partial charge < -0.3 is 20.5 Å². The molecule has 0 aliphatic carbocycles. The number of carbonyl (C=O) groups is 1. The quantitative estimate of drug-likeness (QED) is 0.754. The number of fused-ring (bicyclic) bond motifs is 1. The molecule has 3 rings (SSSR count). The predicted molar refractivity (Wildman–Crippen MR) is 97.2 cm³/mol. The van der Waals surface area contributed by atoms with Gasteiger partial charge in [-0.25, -0.2) is 4.98 Å². The first-order valence-electron chi connectivity index (χ1n) is 7.85. The standard InChI is InChI=1S/C18H21N5O/c1-20-10-11-23-16-9-8-14(12-15(16)21-18(23)19)22(2)17(24)13-6-4-3-5-7-13/h3-9,12,20H,10-11H2,1-2H3,(H2,19,21). The number of likely N-dealkylation sites (N-methyl/N-ethyl adjacent to an activating group) is 1. The zero-order chi connectivity index (χ0) is 17.1. The number of aromatic nitrogens is 2. The van der Waals surface area contributed by atoms with Gasteiger partial charge >= 0.3 is 0 Å². The molecule has 1 aromatic heterocycles. The summed E-state index contributed by atoms with van der Waals surface area (Å²) in [5.74, 6) is 0.423. The van der Waals surface area contributed by atoms with Crippen LogP contribution in [0.3, 0.4) is 0 Å². The van der Waals surface area contributed by atoms with Crippen LogP contribution in [0.2, 0.25) is 0 Å². The molecule has 6 heteroatoms. The second-order valence-electron chi connectivity index (χ2n) is 5.63. The predicted octanol–water partition coefficient (Wildman–Crippen LogP) is 2.11. The second-order valence-corrected chi connectivity index (χ2v) is 5.63. The number of hydrogen-bond acceptors (Lipinski definition) is 4. The van der Waals surface area contributed by atoms with Gasteiger partial charge in [0.25, 0.3) is 5.91 Å². The molecular weight excluding hydrogens is 302 g/mol. The number of nitrogens with one attached hydrogen (secondary N) is 1. The van der Waals surface area contributed by atoms with Crippen LogP contribution in [0.1, 0.15) is 10.4 Å². The molecule has 0 aliphatic rings. The van der Waals surface area contributed by atoms with Gasteiger partial charge in [-0.05, 0) is 37.4 Å². The summed E-state index contributed by atoms with van der Waals surface area (Å²) in [4.78, 5) is 18.6. The van der Waals surface area contributed by atoms with Crippen LogP contribution < -0.4 is 16.0 Å². The Labute approximate surface area is 140 Å². The van der Waals surface area contributed by atoms with E-state index in [0.717, 1.165) is 29.8 Å². The number of benzene rings is 2. The molecule has 0 aliphatic heterocycles. The van der Waals surface area contributed by atoms with Crippen molar-refractivity contribution in [2.24, 2.45) is 0 Å².